The molecular formula is C18H24. The molecule has 0 aliphatic carbocycles. The number of rotatable bonds is 0. The van der Waals surface area contributed by atoms with E-state index < -0.39 is 0 Å². The summed E-state index contributed by atoms with van der Waals surface area (Å²) in [6.45, 7) is 13.6. The second-order valence-electron chi connectivity index (χ2n) is 7.28. The molecule has 0 amide bonds. The third-order valence-corrected chi connectivity index (χ3v) is 3.57. The SMILES string of the molecule is CC(C)(C)c1ccc2ccc(C(C)(C)C)cc2c1. The number of fused-ring (bicyclic) bond motifs is 1. The van der Waals surface area contributed by atoms with E-state index in [2.05, 4.69) is 77.9 Å². The van der Waals surface area contributed by atoms with Crippen molar-refractivity contribution in [1.29, 1.82) is 0 Å². The van der Waals surface area contributed by atoms with Crippen LogP contribution in [0.2, 0.25) is 0 Å². The van der Waals surface area contributed by atoms with Gasteiger partial charge in [-0.1, -0.05) is 77.9 Å². The summed E-state index contributed by atoms with van der Waals surface area (Å²) in [7, 11) is 0. The summed E-state index contributed by atoms with van der Waals surface area (Å²) in [5, 5.41) is 2.69. The van der Waals surface area contributed by atoms with Gasteiger partial charge in [0, 0.05) is 0 Å². The van der Waals surface area contributed by atoms with Crippen molar-refractivity contribution in [3.63, 3.8) is 0 Å². The standard InChI is InChI=1S/C18H24/c1-17(2,3)15-9-7-13-8-10-16(18(4,5)6)12-14(13)11-15/h7-12H,1-6H3. The van der Waals surface area contributed by atoms with Crippen LogP contribution in [0.1, 0.15) is 52.7 Å². The van der Waals surface area contributed by atoms with Crippen molar-refractivity contribution in [2.24, 2.45) is 0 Å². The lowest BCUT2D eigenvalue weighted by Gasteiger charge is -2.22. The van der Waals surface area contributed by atoms with Crippen LogP contribution in [0.3, 0.4) is 0 Å². The lowest BCUT2D eigenvalue weighted by atomic mass is 9.83. The Hall–Kier alpha value is -1.30. The monoisotopic (exact) mass is 240 g/mol. The third kappa shape index (κ3) is 2.58. The molecule has 0 atom stereocenters. The Morgan fingerprint density at radius 2 is 0.944 bits per heavy atom. The molecule has 0 aliphatic rings. The molecule has 0 saturated carbocycles. The van der Waals surface area contributed by atoms with Gasteiger partial charge in [-0.15, -0.1) is 0 Å². The topological polar surface area (TPSA) is 0 Å². The average molecular weight is 240 g/mol. The van der Waals surface area contributed by atoms with Gasteiger partial charge in [-0.25, -0.2) is 0 Å². The number of hydrogen-bond donors (Lipinski definition) is 0. The van der Waals surface area contributed by atoms with E-state index in [-0.39, 0.29) is 10.8 Å². The smallest absolute Gasteiger partial charge is 0.0132 e. The Balaban J connectivity index is 2.61. The maximum absolute atomic E-state index is 2.34. The summed E-state index contributed by atoms with van der Waals surface area (Å²) < 4.78 is 0. The summed E-state index contributed by atoms with van der Waals surface area (Å²) in [6.07, 6.45) is 0. The minimum atomic E-state index is 0.214. The maximum Gasteiger partial charge on any atom is -0.0132 e. The van der Waals surface area contributed by atoms with Gasteiger partial charge in [0.15, 0.2) is 0 Å². The maximum atomic E-state index is 2.34. The molecule has 2 aromatic carbocycles. The number of hydrogen-bond acceptors (Lipinski definition) is 0. The molecule has 2 rings (SSSR count). The first-order valence-corrected chi connectivity index (χ1v) is 6.73. The summed E-state index contributed by atoms with van der Waals surface area (Å²) >= 11 is 0. The fourth-order valence-electron chi connectivity index (χ4n) is 2.18. The Morgan fingerprint density at radius 3 is 1.28 bits per heavy atom. The van der Waals surface area contributed by atoms with Crippen molar-refractivity contribution in [3.05, 3.63) is 47.5 Å². The van der Waals surface area contributed by atoms with Crippen LogP contribution in [0.25, 0.3) is 10.8 Å². The van der Waals surface area contributed by atoms with Crippen LogP contribution in [-0.2, 0) is 10.8 Å². The summed E-state index contributed by atoms with van der Waals surface area (Å²) in [6, 6.07) is 13.7. The zero-order valence-corrected chi connectivity index (χ0v) is 12.5. The van der Waals surface area contributed by atoms with E-state index in [1.807, 2.05) is 0 Å². The lowest BCUT2D eigenvalue weighted by Crippen LogP contribution is -2.12. The molecule has 0 nitrogen and oxygen atoms in total. The molecule has 0 heteroatoms. The molecule has 0 saturated heterocycles. The van der Waals surface area contributed by atoms with Gasteiger partial charge < -0.3 is 0 Å². The normalized spacial score (nSPS) is 13.0. The summed E-state index contributed by atoms with van der Waals surface area (Å²) in [5.41, 5.74) is 3.24. The molecule has 0 N–H and O–H groups in total. The van der Waals surface area contributed by atoms with Gasteiger partial charge in [-0.05, 0) is 32.7 Å². The summed E-state index contributed by atoms with van der Waals surface area (Å²) in [4.78, 5) is 0. The Kier molecular flexibility index (Phi) is 3.01. The van der Waals surface area contributed by atoms with E-state index in [4.69, 9.17) is 0 Å². The quantitative estimate of drug-likeness (QED) is 0.575. The van der Waals surface area contributed by atoms with E-state index in [1.165, 1.54) is 21.9 Å². The van der Waals surface area contributed by atoms with E-state index in [1.54, 1.807) is 0 Å². The highest BCUT2D eigenvalue weighted by Gasteiger charge is 2.16. The molecule has 18 heavy (non-hydrogen) atoms. The van der Waals surface area contributed by atoms with Crippen molar-refractivity contribution in [1.82, 2.24) is 0 Å². The van der Waals surface area contributed by atoms with Crippen LogP contribution in [0.15, 0.2) is 36.4 Å². The van der Waals surface area contributed by atoms with Crippen molar-refractivity contribution in [3.8, 4) is 0 Å². The minimum absolute atomic E-state index is 0.214. The third-order valence-electron chi connectivity index (χ3n) is 3.57. The zero-order chi connectivity index (χ0) is 13.6. The van der Waals surface area contributed by atoms with Gasteiger partial charge in [0.05, 0.1) is 0 Å². The van der Waals surface area contributed by atoms with E-state index >= 15 is 0 Å². The van der Waals surface area contributed by atoms with E-state index in [0.717, 1.165) is 0 Å². The molecule has 96 valence electrons. The van der Waals surface area contributed by atoms with Crippen LogP contribution in [0.5, 0.6) is 0 Å². The van der Waals surface area contributed by atoms with Crippen molar-refractivity contribution in [2.75, 3.05) is 0 Å². The van der Waals surface area contributed by atoms with E-state index in [0.29, 0.717) is 0 Å². The van der Waals surface area contributed by atoms with Crippen LogP contribution in [-0.4, -0.2) is 0 Å². The highest BCUT2D eigenvalue weighted by atomic mass is 14.2. The molecule has 0 bridgehead atoms. The van der Waals surface area contributed by atoms with Crippen LogP contribution in [0.4, 0.5) is 0 Å². The minimum Gasteiger partial charge on any atom is -0.0579 e. The molecule has 0 aliphatic heterocycles. The fourth-order valence-corrected chi connectivity index (χ4v) is 2.18. The van der Waals surface area contributed by atoms with Gasteiger partial charge >= 0.3 is 0 Å². The molecule has 0 unspecified atom stereocenters. The van der Waals surface area contributed by atoms with Gasteiger partial charge in [0.2, 0.25) is 0 Å². The van der Waals surface area contributed by atoms with Gasteiger partial charge in [0.25, 0.3) is 0 Å². The lowest BCUT2D eigenvalue weighted by molar-refractivity contribution is 0.589. The molecule has 0 radical (unpaired) electrons. The highest BCUT2D eigenvalue weighted by Crippen LogP contribution is 2.29. The first-order chi connectivity index (χ1) is 8.18. The molecule has 0 spiro atoms. The second-order valence-corrected chi connectivity index (χ2v) is 7.28. The van der Waals surface area contributed by atoms with Gasteiger partial charge in [-0.3, -0.25) is 0 Å². The predicted octanol–water partition coefficient (Wildman–Crippen LogP) is 5.43. The Labute approximate surface area is 111 Å². The molecule has 0 heterocycles. The predicted molar refractivity (Wildman–Crippen MR) is 81.3 cm³/mol. The van der Waals surface area contributed by atoms with Gasteiger partial charge in [0.1, 0.15) is 0 Å². The van der Waals surface area contributed by atoms with Crippen molar-refractivity contribution < 1.29 is 0 Å². The first kappa shape index (κ1) is 13.1. The molecular weight excluding hydrogens is 216 g/mol. The average Bonchev–Trinajstić information content (AvgIpc) is 2.25. The van der Waals surface area contributed by atoms with Crippen LogP contribution in [0, 0.1) is 0 Å². The van der Waals surface area contributed by atoms with Crippen molar-refractivity contribution >= 4 is 10.8 Å². The van der Waals surface area contributed by atoms with E-state index in [9.17, 15) is 0 Å². The first-order valence-electron chi connectivity index (χ1n) is 6.73. The van der Waals surface area contributed by atoms with Crippen molar-refractivity contribution in [2.45, 2.75) is 52.4 Å². The molecule has 0 aromatic heterocycles. The highest BCUT2D eigenvalue weighted by molar-refractivity contribution is 5.84. The number of benzene rings is 2. The zero-order valence-electron chi connectivity index (χ0n) is 12.5. The van der Waals surface area contributed by atoms with Crippen LogP contribution < -0.4 is 0 Å². The van der Waals surface area contributed by atoms with Gasteiger partial charge in [-0.2, -0.15) is 0 Å². The van der Waals surface area contributed by atoms with Crippen LogP contribution >= 0.6 is 0 Å². The second kappa shape index (κ2) is 4.12. The largest absolute Gasteiger partial charge is 0.0579 e. The fraction of sp³-hybridized carbons (Fsp3) is 0.444. The summed E-state index contributed by atoms with van der Waals surface area (Å²) in [5.74, 6) is 0. The Morgan fingerprint density at radius 1 is 0.556 bits per heavy atom. The molecule has 2 aromatic rings. The Bertz CT molecular complexity index is 514. The molecule has 0 fully saturated rings.